The lowest BCUT2D eigenvalue weighted by Gasteiger charge is -2.17. The van der Waals surface area contributed by atoms with Gasteiger partial charge in [-0.25, -0.2) is 0 Å². The van der Waals surface area contributed by atoms with Gasteiger partial charge in [0.05, 0.1) is 22.2 Å². The van der Waals surface area contributed by atoms with Crippen molar-refractivity contribution in [3.8, 4) is 16.9 Å². The molecule has 2 aromatic carbocycles. The van der Waals surface area contributed by atoms with Crippen LogP contribution < -0.4 is 4.74 Å². The summed E-state index contributed by atoms with van der Waals surface area (Å²) < 4.78 is 44.7. The molecule has 0 heterocycles. The van der Waals surface area contributed by atoms with Crippen LogP contribution in [0.15, 0.2) is 30.3 Å². The minimum atomic E-state index is -4.58. The minimum absolute atomic E-state index is 0.0788. The Morgan fingerprint density at radius 3 is 2.05 bits per heavy atom. The van der Waals surface area contributed by atoms with E-state index in [0.29, 0.717) is 0 Å². The minimum Gasteiger partial charge on any atom is -0.496 e. The quantitative estimate of drug-likeness (QED) is 0.571. The molecule has 0 aromatic heterocycles. The summed E-state index contributed by atoms with van der Waals surface area (Å²) >= 11 is 17.6. The van der Waals surface area contributed by atoms with E-state index in [0.717, 1.165) is 0 Å². The fourth-order valence-corrected chi connectivity index (χ4v) is 2.54. The highest BCUT2D eigenvalue weighted by molar-refractivity contribution is 6.48. The van der Waals surface area contributed by atoms with Crippen molar-refractivity contribution in [2.45, 2.75) is 6.18 Å². The van der Waals surface area contributed by atoms with Crippen molar-refractivity contribution in [2.75, 3.05) is 7.11 Å². The molecule has 0 aliphatic heterocycles. The first-order valence-electron chi connectivity index (χ1n) is 5.64. The van der Waals surface area contributed by atoms with Crippen molar-refractivity contribution < 1.29 is 17.9 Å². The van der Waals surface area contributed by atoms with Crippen LogP contribution in [0.4, 0.5) is 13.2 Å². The molecule has 0 bridgehead atoms. The Morgan fingerprint density at radius 1 is 1.00 bits per heavy atom. The first-order chi connectivity index (χ1) is 9.75. The van der Waals surface area contributed by atoms with Crippen molar-refractivity contribution in [1.82, 2.24) is 0 Å². The third kappa shape index (κ3) is 3.23. The van der Waals surface area contributed by atoms with E-state index in [9.17, 15) is 13.2 Å². The molecule has 0 fully saturated rings. The third-order valence-electron chi connectivity index (χ3n) is 2.82. The molecule has 112 valence electrons. The highest BCUT2D eigenvalue weighted by atomic mass is 35.5. The zero-order valence-corrected chi connectivity index (χ0v) is 12.8. The number of methoxy groups -OCH3 is 1. The van der Waals surface area contributed by atoms with Crippen LogP contribution in [0.2, 0.25) is 15.1 Å². The van der Waals surface area contributed by atoms with E-state index in [-0.39, 0.29) is 31.9 Å². The van der Waals surface area contributed by atoms with Gasteiger partial charge in [0.25, 0.3) is 0 Å². The molecular weight excluding hydrogens is 348 g/mol. The summed E-state index contributed by atoms with van der Waals surface area (Å²) in [6.07, 6.45) is -4.58. The molecule has 21 heavy (non-hydrogen) atoms. The number of hydrogen-bond donors (Lipinski definition) is 0. The summed E-state index contributed by atoms with van der Waals surface area (Å²) in [5, 5.41) is 0.253. The lowest BCUT2D eigenvalue weighted by Crippen LogP contribution is -2.09. The van der Waals surface area contributed by atoms with Crippen molar-refractivity contribution in [2.24, 2.45) is 0 Å². The van der Waals surface area contributed by atoms with E-state index in [1.165, 1.54) is 37.4 Å². The second-order valence-electron chi connectivity index (χ2n) is 4.13. The van der Waals surface area contributed by atoms with E-state index in [1.807, 2.05) is 0 Å². The summed E-state index contributed by atoms with van der Waals surface area (Å²) in [6, 6.07) is 6.69. The summed E-state index contributed by atoms with van der Waals surface area (Å²) in [5.74, 6) is -0.276. The van der Waals surface area contributed by atoms with Gasteiger partial charge in [-0.05, 0) is 29.3 Å². The molecule has 2 aromatic rings. The molecular formula is C14H8Cl3F3O. The Hall–Kier alpha value is -1.10. The summed E-state index contributed by atoms with van der Waals surface area (Å²) in [6.45, 7) is 0. The molecule has 0 aliphatic rings. The van der Waals surface area contributed by atoms with Crippen LogP contribution in [-0.2, 0) is 6.18 Å². The summed E-state index contributed by atoms with van der Waals surface area (Å²) in [4.78, 5) is 0. The predicted molar refractivity (Wildman–Crippen MR) is 78.5 cm³/mol. The van der Waals surface area contributed by atoms with Crippen LogP contribution in [-0.4, -0.2) is 7.11 Å². The van der Waals surface area contributed by atoms with Crippen LogP contribution in [0, 0.1) is 0 Å². The Labute approximate surface area is 134 Å². The van der Waals surface area contributed by atoms with Crippen LogP contribution in [0.3, 0.4) is 0 Å². The number of halogens is 6. The topological polar surface area (TPSA) is 9.23 Å². The molecule has 0 saturated carbocycles. The fourth-order valence-electron chi connectivity index (χ4n) is 1.95. The molecule has 0 saturated heterocycles. The van der Waals surface area contributed by atoms with Gasteiger partial charge in [0.15, 0.2) is 0 Å². The smallest absolute Gasteiger partial charge is 0.420 e. The number of rotatable bonds is 2. The first kappa shape index (κ1) is 16.3. The molecule has 1 nitrogen and oxygen atoms in total. The molecule has 0 atom stereocenters. The zero-order chi connectivity index (χ0) is 15.8. The fraction of sp³-hybridized carbons (Fsp3) is 0.143. The van der Waals surface area contributed by atoms with E-state index in [4.69, 9.17) is 39.5 Å². The van der Waals surface area contributed by atoms with Crippen molar-refractivity contribution in [1.29, 1.82) is 0 Å². The summed E-state index contributed by atoms with van der Waals surface area (Å²) in [5.41, 5.74) is -0.759. The Kier molecular flexibility index (Phi) is 4.61. The average Bonchev–Trinajstić information content (AvgIpc) is 2.42. The molecule has 7 heteroatoms. The van der Waals surface area contributed by atoms with Crippen LogP contribution in [0.25, 0.3) is 11.1 Å². The first-order valence-corrected chi connectivity index (χ1v) is 6.78. The lowest BCUT2D eigenvalue weighted by molar-refractivity contribution is -0.138. The molecule has 0 N–H and O–H groups in total. The van der Waals surface area contributed by atoms with E-state index >= 15 is 0 Å². The maximum absolute atomic E-state index is 13.3. The number of benzene rings is 2. The molecule has 0 aliphatic carbocycles. The van der Waals surface area contributed by atoms with Crippen LogP contribution in [0.1, 0.15) is 5.56 Å². The molecule has 0 radical (unpaired) electrons. The number of ether oxygens (including phenoxy) is 1. The van der Waals surface area contributed by atoms with Gasteiger partial charge in [-0.15, -0.1) is 0 Å². The average molecular weight is 356 g/mol. The van der Waals surface area contributed by atoms with Gasteiger partial charge < -0.3 is 4.74 Å². The number of hydrogen-bond acceptors (Lipinski definition) is 1. The highest BCUT2D eigenvalue weighted by Gasteiger charge is 2.37. The van der Waals surface area contributed by atoms with Gasteiger partial charge in [-0.3, -0.25) is 0 Å². The number of alkyl halides is 3. The van der Waals surface area contributed by atoms with Gasteiger partial charge in [-0.1, -0.05) is 46.9 Å². The monoisotopic (exact) mass is 354 g/mol. The van der Waals surface area contributed by atoms with E-state index in [2.05, 4.69) is 0 Å². The summed E-state index contributed by atoms with van der Waals surface area (Å²) in [7, 11) is 1.18. The Bertz CT molecular complexity index is 661. The zero-order valence-electron chi connectivity index (χ0n) is 10.6. The molecule has 0 spiro atoms. The largest absolute Gasteiger partial charge is 0.496 e. The van der Waals surface area contributed by atoms with Gasteiger partial charge in [0.2, 0.25) is 0 Å². The lowest BCUT2D eigenvalue weighted by atomic mass is 9.98. The molecule has 0 unspecified atom stereocenters. The van der Waals surface area contributed by atoms with Gasteiger partial charge in [0, 0.05) is 0 Å². The Balaban J connectivity index is 2.76. The normalized spacial score (nSPS) is 11.6. The molecule has 0 amide bonds. The maximum Gasteiger partial charge on any atom is 0.420 e. The van der Waals surface area contributed by atoms with Crippen molar-refractivity contribution >= 4 is 34.8 Å². The standard InChI is InChI=1S/C14H8Cl3F3O/c1-21-11-4-2-3-8(12(11)14(18,19)20)7-5-9(15)13(17)10(16)6-7/h2-6H,1H3. The SMILES string of the molecule is COc1cccc(-c2cc(Cl)c(Cl)c(Cl)c2)c1C(F)(F)F. The predicted octanol–water partition coefficient (Wildman–Crippen LogP) is 6.34. The molecule has 2 rings (SSSR count). The third-order valence-corrected chi connectivity index (χ3v) is 4.02. The van der Waals surface area contributed by atoms with Crippen LogP contribution >= 0.6 is 34.8 Å². The van der Waals surface area contributed by atoms with Gasteiger partial charge in [0.1, 0.15) is 11.3 Å². The van der Waals surface area contributed by atoms with Crippen molar-refractivity contribution in [3.63, 3.8) is 0 Å². The van der Waals surface area contributed by atoms with Gasteiger partial charge >= 0.3 is 6.18 Å². The van der Waals surface area contributed by atoms with Crippen LogP contribution in [0.5, 0.6) is 5.75 Å². The maximum atomic E-state index is 13.3. The second kappa shape index (κ2) is 5.95. The van der Waals surface area contributed by atoms with E-state index in [1.54, 1.807) is 0 Å². The van der Waals surface area contributed by atoms with Crippen molar-refractivity contribution in [3.05, 3.63) is 51.0 Å². The Morgan fingerprint density at radius 2 is 1.57 bits per heavy atom. The highest BCUT2D eigenvalue weighted by Crippen LogP contribution is 2.44. The van der Waals surface area contributed by atoms with E-state index < -0.39 is 11.7 Å². The second-order valence-corrected chi connectivity index (χ2v) is 5.33. The van der Waals surface area contributed by atoms with Gasteiger partial charge in [-0.2, -0.15) is 13.2 Å².